The van der Waals surface area contributed by atoms with Crippen LogP contribution in [-0.4, -0.2) is 26.4 Å². The quantitative estimate of drug-likeness (QED) is 0.823. The van der Waals surface area contributed by atoms with E-state index in [4.69, 9.17) is 0 Å². The van der Waals surface area contributed by atoms with E-state index in [-0.39, 0.29) is 16.2 Å². The lowest BCUT2D eigenvalue weighted by Gasteiger charge is -2.35. The number of fused-ring (bicyclic) bond motifs is 1. The number of nitrogens with one attached hydrogen (secondary N) is 1. The van der Waals surface area contributed by atoms with E-state index in [1.807, 2.05) is 0 Å². The Kier molecular flexibility index (Phi) is 4.50. The van der Waals surface area contributed by atoms with Gasteiger partial charge in [-0.2, -0.15) is 13.1 Å². The first-order chi connectivity index (χ1) is 11.3. The van der Waals surface area contributed by atoms with E-state index in [9.17, 15) is 17.2 Å². The van der Waals surface area contributed by atoms with Gasteiger partial charge < -0.3 is 10.1 Å². The maximum absolute atomic E-state index is 12.7. The maximum Gasteiger partial charge on any atom is 0.387 e. The van der Waals surface area contributed by atoms with Gasteiger partial charge in [0.1, 0.15) is 16.8 Å². The Labute approximate surface area is 146 Å². The predicted molar refractivity (Wildman–Crippen MR) is 88.5 cm³/mol. The molecule has 0 aromatic heterocycles. The summed E-state index contributed by atoms with van der Waals surface area (Å²) in [5, 5.41) is 3.06. The SMILES string of the molecule is CN1[C@H](c2cc(Br)ccc2OC(F)F)Nc2ccccc2S1(=O)=O. The van der Waals surface area contributed by atoms with E-state index in [1.165, 1.54) is 19.2 Å². The number of halogens is 3. The van der Waals surface area contributed by atoms with Crippen molar-refractivity contribution in [1.82, 2.24) is 4.31 Å². The van der Waals surface area contributed by atoms with Crippen LogP contribution < -0.4 is 10.1 Å². The molecule has 9 heteroatoms. The first kappa shape index (κ1) is 17.1. The van der Waals surface area contributed by atoms with E-state index < -0.39 is 22.8 Å². The van der Waals surface area contributed by atoms with Crippen molar-refractivity contribution in [3.05, 3.63) is 52.5 Å². The second kappa shape index (κ2) is 6.30. The van der Waals surface area contributed by atoms with E-state index in [0.29, 0.717) is 10.2 Å². The first-order valence-corrected chi connectivity index (χ1v) is 9.12. The number of hydrogen-bond acceptors (Lipinski definition) is 4. The lowest BCUT2D eigenvalue weighted by atomic mass is 10.1. The Morgan fingerprint density at radius 3 is 2.67 bits per heavy atom. The van der Waals surface area contributed by atoms with Gasteiger partial charge in [-0.05, 0) is 30.3 Å². The van der Waals surface area contributed by atoms with Crippen molar-refractivity contribution in [2.45, 2.75) is 17.7 Å². The van der Waals surface area contributed by atoms with Crippen molar-refractivity contribution in [3.63, 3.8) is 0 Å². The van der Waals surface area contributed by atoms with Crippen LogP contribution in [0.4, 0.5) is 14.5 Å². The zero-order chi connectivity index (χ0) is 17.5. The molecular formula is C15H13BrF2N2O3S. The van der Waals surface area contributed by atoms with Crippen molar-refractivity contribution >= 4 is 31.6 Å². The molecule has 24 heavy (non-hydrogen) atoms. The minimum atomic E-state index is -3.76. The van der Waals surface area contributed by atoms with Crippen LogP contribution >= 0.6 is 15.9 Å². The van der Waals surface area contributed by atoms with Crippen molar-refractivity contribution in [3.8, 4) is 5.75 Å². The summed E-state index contributed by atoms with van der Waals surface area (Å²) in [4.78, 5) is 0.134. The van der Waals surface area contributed by atoms with Crippen LogP contribution in [0.1, 0.15) is 11.7 Å². The molecule has 0 saturated carbocycles. The summed E-state index contributed by atoms with van der Waals surface area (Å²) >= 11 is 3.27. The fourth-order valence-electron chi connectivity index (χ4n) is 2.55. The molecule has 3 rings (SSSR count). The van der Waals surface area contributed by atoms with Crippen LogP contribution in [0.15, 0.2) is 51.8 Å². The average Bonchev–Trinajstić information content (AvgIpc) is 2.53. The maximum atomic E-state index is 12.7. The van der Waals surface area contributed by atoms with Gasteiger partial charge in [0.15, 0.2) is 0 Å². The van der Waals surface area contributed by atoms with E-state index in [0.717, 1.165) is 4.31 Å². The summed E-state index contributed by atoms with van der Waals surface area (Å²) in [6.07, 6.45) is -0.879. The first-order valence-electron chi connectivity index (χ1n) is 6.88. The lowest BCUT2D eigenvalue weighted by Crippen LogP contribution is -2.40. The molecule has 0 fully saturated rings. The smallest absolute Gasteiger partial charge is 0.387 e. The molecule has 0 radical (unpaired) electrons. The van der Waals surface area contributed by atoms with E-state index in [2.05, 4.69) is 26.0 Å². The van der Waals surface area contributed by atoms with Gasteiger partial charge in [-0.1, -0.05) is 28.1 Å². The highest BCUT2D eigenvalue weighted by molar-refractivity contribution is 9.10. The standard InChI is InChI=1S/C15H13BrF2N2O3S/c1-20-14(10-8-9(16)6-7-12(10)23-15(17)18)19-11-4-2-3-5-13(11)24(20,21)22/h2-8,14-15,19H,1H3/t14-/m1/s1. The average molecular weight is 419 g/mol. The topological polar surface area (TPSA) is 58.6 Å². The fourth-order valence-corrected chi connectivity index (χ4v) is 4.34. The summed E-state index contributed by atoms with van der Waals surface area (Å²) in [6, 6.07) is 10.9. The Morgan fingerprint density at radius 1 is 1.25 bits per heavy atom. The van der Waals surface area contributed by atoms with Crippen molar-refractivity contribution < 1.29 is 21.9 Å². The molecule has 0 amide bonds. The molecule has 1 atom stereocenters. The molecule has 0 spiro atoms. The highest BCUT2D eigenvalue weighted by Crippen LogP contribution is 2.40. The normalized spacial score (nSPS) is 19.6. The largest absolute Gasteiger partial charge is 0.434 e. The number of benzene rings is 2. The fraction of sp³-hybridized carbons (Fsp3) is 0.200. The predicted octanol–water partition coefficient (Wildman–Crippen LogP) is 3.80. The van der Waals surface area contributed by atoms with Gasteiger partial charge in [-0.3, -0.25) is 0 Å². The summed E-state index contributed by atoms with van der Waals surface area (Å²) in [5.74, 6) is -0.0906. The van der Waals surface area contributed by atoms with Crippen molar-refractivity contribution in [1.29, 1.82) is 0 Å². The minimum Gasteiger partial charge on any atom is -0.434 e. The van der Waals surface area contributed by atoms with Crippen LogP contribution in [0.5, 0.6) is 5.75 Å². The Balaban J connectivity index is 2.13. The number of rotatable bonds is 3. The van der Waals surface area contributed by atoms with Gasteiger partial charge in [0, 0.05) is 17.1 Å². The Morgan fingerprint density at radius 2 is 1.96 bits per heavy atom. The third-order valence-corrected chi connectivity index (χ3v) is 6.06. The van der Waals surface area contributed by atoms with Crippen LogP contribution in [0, 0.1) is 0 Å². The molecule has 0 saturated heterocycles. The van der Waals surface area contributed by atoms with Gasteiger partial charge in [0.05, 0.1) is 5.69 Å². The molecule has 0 unspecified atom stereocenters. The summed E-state index contributed by atoms with van der Waals surface area (Å²) in [6.45, 7) is -3.01. The third kappa shape index (κ3) is 2.99. The van der Waals surface area contributed by atoms with Crippen molar-refractivity contribution in [2.24, 2.45) is 0 Å². The molecular weight excluding hydrogens is 406 g/mol. The monoisotopic (exact) mass is 418 g/mol. The molecule has 1 aliphatic heterocycles. The second-order valence-corrected chi connectivity index (χ2v) is 8.01. The van der Waals surface area contributed by atoms with E-state index >= 15 is 0 Å². The van der Waals surface area contributed by atoms with Crippen LogP contribution in [0.3, 0.4) is 0 Å². The zero-order valence-electron chi connectivity index (χ0n) is 12.4. The van der Waals surface area contributed by atoms with Gasteiger partial charge in [-0.25, -0.2) is 8.42 Å². The number of ether oxygens (including phenoxy) is 1. The summed E-state index contributed by atoms with van der Waals surface area (Å²) < 4.78 is 57.0. The highest BCUT2D eigenvalue weighted by Gasteiger charge is 2.37. The van der Waals surface area contributed by atoms with Crippen LogP contribution in [0.25, 0.3) is 0 Å². The van der Waals surface area contributed by atoms with Gasteiger partial charge in [0.2, 0.25) is 10.0 Å². The van der Waals surface area contributed by atoms with Gasteiger partial charge in [0.25, 0.3) is 0 Å². The molecule has 1 aliphatic rings. The van der Waals surface area contributed by atoms with Crippen LogP contribution in [0.2, 0.25) is 0 Å². The molecule has 5 nitrogen and oxygen atoms in total. The number of hydrogen-bond donors (Lipinski definition) is 1. The number of para-hydroxylation sites is 1. The molecule has 1 N–H and O–H groups in total. The lowest BCUT2D eigenvalue weighted by molar-refractivity contribution is -0.0508. The summed E-state index contributed by atoms with van der Waals surface area (Å²) in [5.41, 5.74) is 0.689. The van der Waals surface area contributed by atoms with Gasteiger partial charge >= 0.3 is 6.61 Å². The summed E-state index contributed by atoms with van der Waals surface area (Å²) in [7, 11) is -2.38. The minimum absolute atomic E-state index is 0.0906. The molecule has 128 valence electrons. The molecule has 1 heterocycles. The van der Waals surface area contributed by atoms with Crippen LogP contribution in [-0.2, 0) is 10.0 Å². The highest BCUT2D eigenvalue weighted by atomic mass is 79.9. The van der Waals surface area contributed by atoms with Crippen molar-refractivity contribution in [2.75, 3.05) is 12.4 Å². The Hall–Kier alpha value is -1.71. The van der Waals surface area contributed by atoms with Gasteiger partial charge in [-0.15, -0.1) is 0 Å². The number of alkyl halides is 2. The number of anilines is 1. The molecule has 0 bridgehead atoms. The molecule has 2 aromatic carbocycles. The number of sulfonamides is 1. The third-order valence-electron chi connectivity index (χ3n) is 3.68. The Bertz CT molecular complexity index is 877. The molecule has 0 aliphatic carbocycles. The molecule has 2 aromatic rings. The number of nitrogens with zero attached hydrogens (tertiary/aromatic N) is 1. The van der Waals surface area contributed by atoms with E-state index in [1.54, 1.807) is 30.3 Å². The second-order valence-electron chi connectivity index (χ2n) is 5.12. The zero-order valence-corrected chi connectivity index (χ0v) is 14.8.